The molecule has 0 saturated carbocycles. The number of rotatable bonds is 4. The van der Waals surface area contributed by atoms with E-state index in [-0.39, 0.29) is 0 Å². The fraction of sp³-hybridized carbons (Fsp3) is 1.00. The fourth-order valence-electron chi connectivity index (χ4n) is 0.892. The summed E-state index contributed by atoms with van der Waals surface area (Å²) in [6.07, 6.45) is 1.60. The van der Waals surface area contributed by atoms with Gasteiger partial charge in [0.1, 0.15) is 0 Å². The van der Waals surface area contributed by atoms with Crippen molar-refractivity contribution in [3.63, 3.8) is 0 Å². The maximum Gasteiger partial charge on any atom is 0.192 e. The molecule has 0 aromatic carbocycles. The minimum atomic E-state index is -1.51. The van der Waals surface area contributed by atoms with Crippen LogP contribution >= 0.6 is 22.6 Å². The van der Waals surface area contributed by atoms with Crippen LogP contribution in [0.15, 0.2) is 0 Å². The molecular formula is C10H23IOSi. The third-order valence-corrected chi connectivity index (χ3v) is 8.04. The van der Waals surface area contributed by atoms with Crippen LogP contribution in [0.25, 0.3) is 0 Å². The molecule has 0 aliphatic rings. The van der Waals surface area contributed by atoms with E-state index in [1.807, 2.05) is 0 Å². The smallest absolute Gasteiger partial charge is 0.192 e. The zero-order valence-electron chi connectivity index (χ0n) is 9.78. The van der Waals surface area contributed by atoms with Gasteiger partial charge in [0.05, 0.1) is 0 Å². The lowest BCUT2D eigenvalue weighted by Gasteiger charge is -2.38. The van der Waals surface area contributed by atoms with E-state index < -0.39 is 8.32 Å². The normalized spacial score (nSPS) is 15.9. The number of halogens is 1. The molecule has 0 aliphatic heterocycles. The molecule has 3 heteroatoms. The Labute approximate surface area is 97.9 Å². The Morgan fingerprint density at radius 1 is 1.31 bits per heavy atom. The average molecular weight is 314 g/mol. The highest BCUT2D eigenvalue weighted by molar-refractivity contribution is 14.1. The molecule has 0 fully saturated rings. The topological polar surface area (TPSA) is 9.23 Å². The molecule has 0 radical (unpaired) electrons. The highest BCUT2D eigenvalue weighted by Gasteiger charge is 2.38. The van der Waals surface area contributed by atoms with Crippen molar-refractivity contribution in [2.24, 2.45) is 0 Å². The molecule has 0 heterocycles. The van der Waals surface area contributed by atoms with E-state index in [9.17, 15) is 0 Å². The first kappa shape index (κ1) is 13.9. The van der Waals surface area contributed by atoms with E-state index >= 15 is 0 Å². The molecule has 0 rings (SSSR count). The second-order valence-electron chi connectivity index (χ2n) is 5.17. The van der Waals surface area contributed by atoms with Crippen molar-refractivity contribution >= 4 is 30.9 Å². The predicted molar refractivity (Wildman–Crippen MR) is 71.2 cm³/mol. The Bertz CT molecular complexity index is 151. The summed E-state index contributed by atoms with van der Waals surface area (Å²) >= 11 is 2.41. The van der Waals surface area contributed by atoms with Gasteiger partial charge in [-0.25, -0.2) is 0 Å². The van der Waals surface area contributed by atoms with Gasteiger partial charge in [0.2, 0.25) is 0 Å². The molecule has 1 nitrogen and oxygen atoms in total. The van der Waals surface area contributed by atoms with Crippen LogP contribution in [0.4, 0.5) is 0 Å². The van der Waals surface area contributed by atoms with E-state index in [1.165, 1.54) is 10.8 Å². The van der Waals surface area contributed by atoms with Gasteiger partial charge in [-0.15, -0.1) is 0 Å². The maximum absolute atomic E-state index is 6.18. The third kappa shape index (κ3) is 4.79. The van der Waals surface area contributed by atoms with Gasteiger partial charge in [-0.3, -0.25) is 0 Å². The quantitative estimate of drug-likeness (QED) is 0.429. The molecule has 0 amide bonds. The van der Waals surface area contributed by atoms with Gasteiger partial charge in [0, 0.05) is 10.5 Å². The molecule has 0 saturated heterocycles. The van der Waals surface area contributed by atoms with E-state index in [1.54, 1.807) is 0 Å². The molecular weight excluding hydrogens is 291 g/mol. The molecule has 0 bridgehead atoms. The van der Waals surface area contributed by atoms with Crippen molar-refractivity contribution in [2.45, 2.75) is 58.4 Å². The van der Waals surface area contributed by atoms with Crippen molar-refractivity contribution in [3.05, 3.63) is 0 Å². The summed E-state index contributed by atoms with van der Waals surface area (Å²) < 4.78 is 7.36. The van der Waals surface area contributed by atoms with Crippen LogP contribution in [0.1, 0.15) is 34.1 Å². The minimum Gasteiger partial charge on any atom is -0.414 e. The molecule has 0 aromatic rings. The second-order valence-corrected chi connectivity index (χ2v) is 11.0. The lowest BCUT2D eigenvalue weighted by atomic mass is 10.2. The lowest BCUT2D eigenvalue weighted by molar-refractivity contribution is 0.197. The molecule has 1 atom stereocenters. The van der Waals surface area contributed by atoms with E-state index in [0.717, 1.165) is 0 Å². The maximum atomic E-state index is 6.18. The van der Waals surface area contributed by atoms with Crippen molar-refractivity contribution in [1.29, 1.82) is 0 Å². The highest BCUT2D eigenvalue weighted by atomic mass is 127. The van der Waals surface area contributed by atoms with Gasteiger partial charge in [0.25, 0.3) is 0 Å². The SMILES string of the molecule is CC(CCI)O[Si](C)(C)C(C)(C)C. The Kier molecular flexibility index (Phi) is 5.48. The van der Waals surface area contributed by atoms with E-state index in [4.69, 9.17) is 4.43 Å². The van der Waals surface area contributed by atoms with Crippen LogP contribution in [-0.2, 0) is 4.43 Å². The molecule has 0 aliphatic carbocycles. The number of hydrogen-bond acceptors (Lipinski definition) is 1. The minimum absolute atomic E-state index is 0.340. The molecule has 0 spiro atoms. The average Bonchev–Trinajstić information content (AvgIpc) is 1.83. The molecule has 80 valence electrons. The summed E-state index contributed by atoms with van der Waals surface area (Å²) in [7, 11) is -1.51. The van der Waals surface area contributed by atoms with Crippen molar-refractivity contribution in [2.75, 3.05) is 4.43 Å². The van der Waals surface area contributed by atoms with Crippen molar-refractivity contribution in [1.82, 2.24) is 0 Å². The first-order valence-corrected chi connectivity index (χ1v) is 9.38. The van der Waals surface area contributed by atoms with Crippen LogP contribution in [0.5, 0.6) is 0 Å². The van der Waals surface area contributed by atoms with E-state index in [0.29, 0.717) is 11.1 Å². The van der Waals surface area contributed by atoms with Crippen molar-refractivity contribution < 1.29 is 4.43 Å². The van der Waals surface area contributed by atoms with Gasteiger partial charge in [-0.05, 0) is 31.5 Å². The predicted octanol–water partition coefficient (Wildman–Crippen LogP) is 4.22. The Morgan fingerprint density at radius 3 is 2.08 bits per heavy atom. The van der Waals surface area contributed by atoms with Gasteiger partial charge in [0.15, 0.2) is 8.32 Å². The Morgan fingerprint density at radius 2 is 1.77 bits per heavy atom. The molecule has 1 unspecified atom stereocenters. The summed E-state index contributed by atoms with van der Waals surface area (Å²) in [5.74, 6) is 0. The van der Waals surface area contributed by atoms with Gasteiger partial charge in [-0.1, -0.05) is 43.4 Å². The van der Waals surface area contributed by atoms with Crippen LogP contribution in [-0.4, -0.2) is 18.8 Å². The van der Waals surface area contributed by atoms with Crippen LogP contribution in [0, 0.1) is 0 Å². The monoisotopic (exact) mass is 314 g/mol. The van der Waals surface area contributed by atoms with Gasteiger partial charge < -0.3 is 4.43 Å². The molecule has 0 N–H and O–H groups in total. The van der Waals surface area contributed by atoms with Gasteiger partial charge in [-0.2, -0.15) is 0 Å². The second kappa shape index (κ2) is 5.12. The van der Waals surface area contributed by atoms with Crippen molar-refractivity contribution in [3.8, 4) is 0 Å². The molecule has 0 aromatic heterocycles. The number of alkyl halides is 1. The number of hydrogen-bond donors (Lipinski definition) is 0. The fourth-order valence-corrected chi connectivity index (χ4v) is 3.25. The van der Waals surface area contributed by atoms with Crippen LogP contribution < -0.4 is 0 Å². The third-order valence-electron chi connectivity index (χ3n) is 2.82. The summed E-state index contributed by atoms with van der Waals surface area (Å²) in [6.45, 7) is 13.7. The summed E-state index contributed by atoms with van der Waals surface area (Å²) in [5.41, 5.74) is 0. The Hall–Kier alpha value is 0.907. The summed E-state index contributed by atoms with van der Waals surface area (Å²) in [4.78, 5) is 0. The van der Waals surface area contributed by atoms with E-state index in [2.05, 4.69) is 63.4 Å². The zero-order valence-corrected chi connectivity index (χ0v) is 12.9. The summed E-state index contributed by atoms with van der Waals surface area (Å²) in [6, 6.07) is 0. The summed E-state index contributed by atoms with van der Waals surface area (Å²) in [5, 5.41) is 0.340. The zero-order chi connectivity index (χ0) is 10.7. The largest absolute Gasteiger partial charge is 0.414 e. The van der Waals surface area contributed by atoms with Crippen LogP contribution in [0.2, 0.25) is 18.1 Å². The molecule has 13 heavy (non-hydrogen) atoms. The lowest BCUT2D eigenvalue weighted by Crippen LogP contribution is -2.43. The standard InChI is InChI=1S/C10H23IOSi/c1-9(7-8-11)12-13(5,6)10(2,3)4/h9H,7-8H2,1-6H3. The highest BCUT2D eigenvalue weighted by Crippen LogP contribution is 2.37. The van der Waals surface area contributed by atoms with Crippen LogP contribution in [0.3, 0.4) is 0 Å². The first-order chi connectivity index (χ1) is 5.70. The Balaban J connectivity index is 4.17. The first-order valence-electron chi connectivity index (χ1n) is 4.94. The van der Waals surface area contributed by atoms with Gasteiger partial charge >= 0.3 is 0 Å².